The van der Waals surface area contributed by atoms with E-state index in [1.165, 1.54) is 34.3 Å². The number of aromatic hydroxyl groups is 1. The van der Waals surface area contributed by atoms with Gasteiger partial charge in [0.05, 0.1) is 41.7 Å². The Kier molecular flexibility index (Phi) is 7.78. The third-order valence-corrected chi connectivity index (χ3v) is 14.4. The molecule has 2 aliphatic carbocycles. The summed E-state index contributed by atoms with van der Waals surface area (Å²) >= 11 is 9.38. The van der Waals surface area contributed by atoms with E-state index >= 15 is 4.79 Å². The summed E-state index contributed by atoms with van der Waals surface area (Å²) in [5.41, 5.74) is 1.93. The quantitative estimate of drug-likeness (QED) is 0.141. The number of aromatic nitrogens is 2. The Labute approximate surface area is 318 Å². The summed E-state index contributed by atoms with van der Waals surface area (Å²) in [7, 11) is 3.19. The molecule has 53 heavy (non-hydrogen) atoms. The van der Waals surface area contributed by atoms with Crippen LogP contribution in [-0.2, 0) is 32.8 Å². The van der Waals surface area contributed by atoms with E-state index < -0.39 is 35.0 Å². The number of fused-ring (bicyclic) bond motifs is 5. The highest BCUT2D eigenvalue weighted by Gasteiger charge is 2.68. The van der Waals surface area contributed by atoms with Crippen LogP contribution in [0.5, 0.6) is 11.5 Å². The fraction of sp³-hybridized carbons (Fsp3) is 0.325. The van der Waals surface area contributed by atoms with E-state index in [0.29, 0.717) is 28.5 Å². The molecule has 1 saturated carbocycles. The number of amides is 4. The van der Waals surface area contributed by atoms with Crippen molar-refractivity contribution in [3.05, 3.63) is 92.7 Å². The molecule has 13 heteroatoms. The van der Waals surface area contributed by atoms with Gasteiger partial charge in [-0.15, -0.1) is 22.7 Å². The van der Waals surface area contributed by atoms with Gasteiger partial charge in [0.15, 0.2) is 11.5 Å². The molecule has 0 spiro atoms. The Morgan fingerprint density at radius 2 is 1.85 bits per heavy atom. The molecule has 270 valence electrons. The van der Waals surface area contributed by atoms with E-state index in [4.69, 9.17) is 21.4 Å². The number of phenols is 1. The molecule has 5 heterocycles. The summed E-state index contributed by atoms with van der Waals surface area (Å²) in [5, 5.41) is 18.9. The number of anilines is 1. The van der Waals surface area contributed by atoms with Gasteiger partial charge in [-0.1, -0.05) is 35.4 Å². The molecule has 0 radical (unpaired) electrons. The second-order valence-electron chi connectivity index (χ2n) is 14.6. The molecule has 9 rings (SSSR count). The number of phenolic OH excluding ortho intramolecular Hbond substituents is 1. The number of benzene rings is 2. The van der Waals surface area contributed by atoms with Gasteiger partial charge in [-0.2, -0.15) is 5.10 Å². The van der Waals surface area contributed by atoms with E-state index in [1.54, 1.807) is 41.3 Å². The lowest BCUT2D eigenvalue weighted by Crippen LogP contribution is -2.48. The molecule has 4 aliphatic rings. The van der Waals surface area contributed by atoms with Crippen LogP contribution in [0, 0.1) is 36.0 Å². The summed E-state index contributed by atoms with van der Waals surface area (Å²) in [6, 6.07) is 16.3. The molecule has 6 atom stereocenters. The van der Waals surface area contributed by atoms with Crippen molar-refractivity contribution in [3.63, 3.8) is 0 Å². The fourth-order valence-electron chi connectivity index (χ4n) is 9.48. The van der Waals surface area contributed by atoms with Crippen LogP contribution in [0.2, 0.25) is 5.02 Å². The number of halogens is 1. The second kappa shape index (κ2) is 12.1. The minimum Gasteiger partial charge on any atom is -0.504 e. The number of carbonyl (C=O) groups excluding carboxylic acids is 4. The number of hydrogen-bond acceptors (Lipinski definition) is 9. The van der Waals surface area contributed by atoms with E-state index in [1.807, 2.05) is 55.6 Å². The van der Waals surface area contributed by atoms with Gasteiger partial charge in [-0.05, 0) is 90.9 Å². The largest absolute Gasteiger partial charge is 0.504 e. The van der Waals surface area contributed by atoms with Crippen molar-refractivity contribution in [2.45, 2.75) is 39.2 Å². The Morgan fingerprint density at radius 1 is 1.04 bits per heavy atom. The van der Waals surface area contributed by atoms with E-state index in [9.17, 15) is 19.5 Å². The van der Waals surface area contributed by atoms with Crippen LogP contribution in [0.4, 0.5) is 5.82 Å². The number of aryl methyl sites for hydroxylation is 2. The molecule has 0 bridgehead atoms. The lowest BCUT2D eigenvalue weighted by molar-refractivity contribution is -0.141. The minimum atomic E-state index is -1.26. The standard InChI is InChI=1S/C40H35ClN4O6S2/c1-19-25-15-21(41)8-12-31(25)53-35(19)28-17-32(43(3)42-28)45-37(48)27-16-26-23(34(40(27,2)39(45)50)20-7-11-29(46)30(14-20)51-4)9-10-24-33(26)38(49)44(36(24)47)18-22-6-5-13-52-22/h5-9,11-15,17,24,26-27,33-34,46H,10,16,18H2,1-4H3. The van der Waals surface area contributed by atoms with Crippen LogP contribution in [0.3, 0.4) is 0 Å². The summed E-state index contributed by atoms with van der Waals surface area (Å²) < 4.78 is 8.13. The Hall–Kier alpha value is -4.78. The molecule has 2 aromatic carbocycles. The zero-order valence-electron chi connectivity index (χ0n) is 29.3. The minimum absolute atomic E-state index is 0.0551. The number of hydrogen-bond donors (Lipinski definition) is 1. The van der Waals surface area contributed by atoms with Gasteiger partial charge in [-0.3, -0.25) is 28.8 Å². The number of carbonyl (C=O) groups is 4. The van der Waals surface area contributed by atoms with Gasteiger partial charge in [0.1, 0.15) is 11.5 Å². The van der Waals surface area contributed by atoms with Crippen molar-refractivity contribution >= 4 is 73.8 Å². The summed E-state index contributed by atoms with van der Waals surface area (Å²) in [5.74, 6) is -3.73. The highest BCUT2D eigenvalue weighted by Crippen LogP contribution is 2.64. The Morgan fingerprint density at radius 3 is 2.60 bits per heavy atom. The first-order valence-electron chi connectivity index (χ1n) is 17.5. The van der Waals surface area contributed by atoms with Gasteiger partial charge >= 0.3 is 0 Å². The first-order chi connectivity index (χ1) is 25.4. The highest BCUT2D eigenvalue weighted by molar-refractivity contribution is 7.22. The molecule has 6 unspecified atom stereocenters. The first-order valence-corrected chi connectivity index (χ1v) is 19.6. The zero-order chi connectivity index (χ0) is 37.1. The van der Waals surface area contributed by atoms with Crippen molar-refractivity contribution in [3.8, 4) is 22.1 Å². The number of thiophene rings is 2. The number of rotatable bonds is 6. The SMILES string of the molecule is COc1cc(C2C3=CCC4C(=O)N(Cc5cccs5)C(=O)C4C3CC3C(=O)N(c4cc(-c5sc6ccc(Cl)cc6c5C)nn4C)C(=O)C32C)ccc1O. The van der Waals surface area contributed by atoms with Crippen molar-refractivity contribution in [2.75, 3.05) is 12.0 Å². The maximum absolute atomic E-state index is 15.1. The van der Waals surface area contributed by atoms with Crippen LogP contribution < -0.4 is 9.64 Å². The average molecular weight is 767 g/mol. The fourth-order valence-corrected chi connectivity index (χ4v) is 11.5. The predicted molar refractivity (Wildman–Crippen MR) is 203 cm³/mol. The molecule has 5 aromatic rings. The average Bonchev–Trinajstić information content (AvgIpc) is 3.95. The van der Waals surface area contributed by atoms with Crippen LogP contribution in [0.25, 0.3) is 20.7 Å². The molecule has 10 nitrogen and oxygen atoms in total. The molecule has 3 fully saturated rings. The van der Waals surface area contributed by atoms with Gasteiger partial charge < -0.3 is 9.84 Å². The topological polar surface area (TPSA) is 122 Å². The number of allylic oxidation sites excluding steroid dienone is 2. The van der Waals surface area contributed by atoms with E-state index in [0.717, 1.165) is 31.0 Å². The van der Waals surface area contributed by atoms with Gasteiger partial charge in [0.25, 0.3) is 0 Å². The third kappa shape index (κ3) is 4.84. The maximum atomic E-state index is 15.1. The van der Waals surface area contributed by atoms with Gasteiger partial charge in [0.2, 0.25) is 23.6 Å². The lowest BCUT2D eigenvalue weighted by atomic mass is 9.51. The maximum Gasteiger partial charge on any atom is 0.242 e. The molecule has 2 aliphatic heterocycles. The molecular formula is C40H35ClN4O6S2. The zero-order valence-corrected chi connectivity index (χ0v) is 31.7. The molecule has 4 amide bonds. The van der Waals surface area contributed by atoms with Crippen molar-refractivity contribution < 1.29 is 29.0 Å². The number of methoxy groups -OCH3 is 1. The smallest absolute Gasteiger partial charge is 0.242 e. The molecule has 1 N–H and O–H groups in total. The van der Waals surface area contributed by atoms with Crippen molar-refractivity contribution in [1.29, 1.82) is 0 Å². The third-order valence-electron chi connectivity index (χ3n) is 12.0. The van der Waals surface area contributed by atoms with E-state index in [2.05, 4.69) is 0 Å². The first kappa shape index (κ1) is 34.0. The molecule has 3 aromatic heterocycles. The Bertz CT molecular complexity index is 2430. The van der Waals surface area contributed by atoms with Crippen molar-refractivity contribution in [2.24, 2.45) is 36.1 Å². The van der Waals surface area contributed by atoms with Crippen molar-refractivity contribution in [1.82, 2.24) is 14.7 Å². The normalized spacial score (nSPS) is 26.7. The number of imide groups is 2. The highest BCUT2D eigenvalue weighted by atomic mass is 35.5. The number of likely N-dealkylation sites (tertiary alicyclic amines) is 1. The Balaban J connectivity index is 1.15. The summed E-state index contributed by atoms with van der Waals surface area (Å²) in [4.78, 5) is 62.5. The number of ether oxygens (including phenoxy) is 1. The number of nitrogens with zero attached hydrogens (tertiary/aromatic N) is 4. The van der Waals surface area contributed by atoms with Crippen LogP contribution in [0.15, 0.2) is 71.6 Å². The van der Waals surface area contributed by atoms with Gasteiger partial charge in [-0.25, -0.2) is 4.90 Å². The van der Waals surface area contributed by atoms with Crippen LogP contribution in [0.1, 0.15) is 41.7 Å². The van der Waals surface area contributed by atoms with Gasteiger partial charge in [0, 0.05) is 33.6 Å². The summed E-state index contributed by atoms with van der Waals surface area (Å²) in [6.07, 6.45) is 2.62. The van der Waals surface area contributed by atoms with Crippen LogP contribution >= 0.6 is 34.3 Å². The monoisotopic (exact) mass is 766 g/mol. The molecular weight excluding hydrogens is 732 g/mol. The molecule has 2 saturated heterocycles. The predicted octanol–water partition coefficient (Wildman–Crippen LogP) is 7.47. The summed E-state index contributed by atoms with van der Waals surface area (Å²) in [6.45, 7) is 4.06. The van der Waals surface area contributed by atoms with Crippen LogP contribution in [-0.4, -0.2) is 50.5 Å². The lowest BCUT2D eigenvalue weighted by Gasteiger charge is -2.49. The second-order valence-corrected chi connectivity index (χ2v) is 17.2. The van der Waals surface area contributed by atoms with E-state index in [-0.39, 0.29) is 48.1 Å².